The average molecular weight is 390 g/mol. The molecule has 9 nitrogen and oxygen atoms in total. The van der Waals surface area contributed by atoms with Crippen molar-refractivity contribution >= 4 is 35.1 Å². The summed E-state index contributed by atoms with van der Waals surface area (Å²) in [6.45, 7) is 4.89. The number of nitrogens with two attached hydrogens (primary N) is 1. The van der Waals surface area contributed by atoms with Crippen molar-refractivity contribution in [3.63, 3.8) is 0 Å². The number of nitrogens with one attached hydrogen (secondary N) is 3. The molecule has 0 aliphatic heterocycles. The van der Waals surface area contributed by atoms with Gasteiger partial charge in [-0.2, -0.15) is 0 Å². The molecule has 2 rings (SSSR count). The first-order chi connectivity index (χ1) is 13.1. The van der Waals surface area contributed by atoms with Gasteiger partial charge < -0.3 is 26.8 Å². The lowest BCUT2D eigenvalue weighted by Gasteiger charge is -2.24. The maximum Gasteiger partial charge on any atom is 0.405 e. The lowest BCUT2D eigenvalue weighted by molar-refractivity contribution is -0.128. The molecule has 1 aliphatic carbocycles. The van der Waals surface area contributed by atoms with Gasteiger partial charge in [-0.05, 0) is 43.4 Å². The first-order valence-electron chi connectivity index (χ1n) is 9.17. The van der Waals surface area contributed by atoms with E-state index in [0.29, 0.717) is 41.8 Å². The fourth-order valence-corrected chi connectivity index (χ4v) is 3.20. The zero-order valence-electron chi connectivity index (χ0n) is 16.2. The summed E-state index contributed by atoms with van der Waals surface area (Å²) in [5.41, 5.74) is 7.95. The van der Waals surface area contributed by atoms with Gasteiger partial charge in [-0.25, -0.2) is 4.79 Å². The molecule has 3 amide bonds. The molecule has 0 unspecified atom stereocenters. The van der Waals surface area contributed by atoms with Gasteiger partial charge in [-0.1, -0.05) is 13.8 Å². The third-order valence-corrected chi connectivity index (χ3v) is 4.69. The van der Waals surface area contributed by atoms with E-state index in [1.165, 1.54) is 6.92 Å². The van der Waals surface area contributed by atoms with Crippen molar-refractivity contribution in [1.29, 1.82) is 0 Å². The van der Waals surface area contributed by atoms with Gasteiger partial charge in [0.2, 0.25) is 11.8 Å². The highest BCUT2D eigenvalue weighted by atomic mass is 16.4. The first-order valence-corrected chi connectivity index (χ1v) is 9.17. The molecule has 1 aliphatic rings. The predicted molar refractivity (Wildman–Crippen MR) is 104 cm³/mol. The highest BCUT2D eigenvalue weighted by molar-refractivity contribution is 6.06. The monoisotopic (exact) mass is 390 g/mol. The van der Waals surface area contributed by atoms with E-state index in [1.54, 1.807) is 26.0 Å². The van der Waals surface area contributed by atoms with Gasteiger partial charge in [-0.3, -0.25) is 14.4 Å². The van der Waals surface area contributed by atoms with Crippen LogP contribution < -0.4 is 21.7 Å². The molecule has 1 aromatic carbocycles. The van der Waals surface area contributed by atoms with E-state index in [1.807, 2.05) is 0 Å². The standard InChI is InChI=1S/C19H26N4O5/c1-9(2)16(23-19(27)28)18(26)21-10(3)17(25)22-13-8-7-12(20)15-11(13)5-4-6-14(15)24/h7-10,16,23H,4-6,20H2,1-3H3,(H,21,26)(H,22,25)(H,27,28)/t10-,16-/m0/s1. The van der Waals surface area contributed by atoms with E-state index < -0.39 is 30.0 Å². The molecule has 0 saturated carbocycles. The second kappa shape index (κ2) is 8.73. The Morgan fingerprint density at radius 2 is 1.75 bits per heavy atom. The third-order valence-electron chi connectivity index (χ3n) is 4.69. The minimum absolute atomic E-state index is 0.0456. The number of benzene rings is 1. The van der Waals surface area contributed by atoms with Crippen molar-refractivity contribution < 1.29 is 24.3 Å². The highest BCUT2D eigenvalue weighted by Gasteiger charge is 2.28. The predicted octanol–water partition coefficient (Wildman–Crippen LogP) is 1.52. The normalized spacial score (nSPS) is 15.4. The summed E-state index contributed by atoms with van der Waals surface area (Å²) in [5.74, 6) is -1.40. The Balaban J connectivity index is 2.11. The fraction of sp³-hybridized carbons (Fsp3) is 0.474. The Labute approximate surface area is 163 Å². The summed E-state index contributed by atoms with van der Waals surface area (Å²) in [6.07, 6.45) is 0.417. The van der Waals surface area contributed by atoms with Gasteiger partial charge >= 0.3 is 6.09 Å². The summed E-state index contributed by atoms with van der Waals surface area (Å²) in [6, 6.07) is 1.33. The number of carboxylic acid groups (broad SMARTS) is 1. The molecule has 6 N–H and O–H groups in total. The van der Waals surface area contributed by atoms with Gasteiger partial charge in [-0.15, -0.1) is 0 Å². The van der Waals surface area contributed by atoms with Gasteiger partial charge in [0.25, 0.3) is 0 Å². The lowest BCUT2D eigenvalue weighted by Crippen LogP contribution is -2.53. The number of hydrogen-bond acceptors (Lipinski definition) is 5. The van der Waals surface area contributed by atoms with Crippen molar-refractivity contribution in [3.8, 4) is 0 Å². The first kappa shape index (κ1) is 21.2. The van der Waals surface area contributed by atoms with Crippen molar-refractivity contribution in [2.45, 2.75) is 52.1 Å². The van der Waals surface area contributed by atoms with Gasteiger partial charge in [0, 0.05) is 23.4 Å². The second-order valence-electron chi connectivity index (χ2n) is 7.22. The van der Waals surface area contributed by atoms with Crippen LogP contribution in [0.25, 0.3) is 0 Å². The summed E-state index contributed by atoms with van der Waals surface area (Å²) in [5, 5.41) is 16.3. The third kappa shape index (κ3) is 4.79. The van der Waals surface area contributed by atoms with Crippen molar-refractivity contribution in [2.75, 3.05) is 11.1 Å². The molecular formula is C19H26N4O5. The number of rotatable bonds is 6. The zero-order valence-corrected chi connectivity index (χ0v) is 16.2. The van der Waals surface area contributed by atoms with Crippen LogP contribution in [-0.2, 0) is 16.0 Å². The Bertz CT molecular complexity index is 806. The fourth-order valence-electron chi connectivity index (χ4n) is 3.20. The molecule has 0 saturated heterocycles. The van der Waals surface area contributed by atoms with Gasteiger partial charge in [0.1, 0.15) is 12.1 Å². The van der Waals surface area contributed by atoms with Crippen LogP contribution in [0.3, 0.4) is 0 Å². The van der Waals surface area contributed by atoms with E-state index >= 15 is 0 Å². The molecule has 9 heteroatoms. The second-order valence-corrected chi connectivity index (χ2v) is 7.22. The van der Waals surface area contributed by atoms with Crippen LogP contribution >= 0.6 is 0 Å². The summed E-state index contributed by atoms with van der Waals surface area (Å²) in [7, 11) is 0. The molecule has 0 aromatic heterocycles. The van der Waals surface area contributed by atoms with Crippen molar-refractivity contribution in [2.24, 2.45) is 5.92 Å². The Morgan fingerprint density at radius 3 is 2.36 bits per heavy atom. The molecule has 0 bridgehead atoms. The summed E-state index contributed by atoms with van der Waals surface area (Å²) < 4.78 is 0. The summed E-state index contributed by atoms with van der Waals surface area (Å²) in [4.78, 5) is 47.9. The number of carbonyl (C=O) groups excluding carboxylic acids is 3. The Morgan fingerprint density at radius 1 is 1.07 bits per heavy atom. The largest absolute Gasteiger partial charge is 0.465 e. The van der Waals surface area contributed by atoms with E-state index in [9.17, 15) is 19.2 Å². The lowest BCUT2D eigenvalue weighted by atomic mass is 9.88. The SMILES string of the molecule is CC(C)[C@H](NC(=O)O)C(=O)N[C@@H](C)C(=O)Nc1ccc(N)c2c1CCCC2=O. The number of ketones is 1. The smallest absolute Gasteiger partial charge is 0.405 e. The zero-order chi connectivity index (χ0) is 21.0. The number of carbonyl (C=O) groups is 4. The quantitative estimate of drug-likeness (QED) is 0.465. The number of fused-ring (bicyclic) bond motifs is 1. The minimum atomic E-state index is -1.32. The molecule has 0 heterocycles. The summed E-state index contributed by atoms with van der Waals surface area (Å²) >= 11 is 0. The van der Waals surface area contributed by atoms with E-state index in [4.69, 9.17) is 10.8 Å². The topological polar surface area (TPSA) is 151 Å². The maximum absolute atomic E-state index is 12.5. The number of Topliss-reactive ketones (excluding diaryl/α,β-unsaturated/α-hetero) is 1. The molecule has 152 valence electrons. The van der Waals surface area contributed by atoms with E-state index in [0.717, 1.165) is 0 Å². The van der Waals surface area contributed by atoms with Crippen LogP contribution in [0.1, 0.15) is 49.5 Å². The van der Waals surface area contributed by atoms with Crippen LogP contribution in [-0.4, -0.2) is 40.9 Å². The van der Waals surface area contributed by atoms with Crippen LogP contribution in [0.15, 0.2) is 12.1 Å². The molecule has 28 heavy (non-hydrogen) atoms. The van der Waals surface area contributed by atoms with Crippen molar-refractivity contribution in [3.05, 3.63) is 23.3 Å². The number of nitrogen functional groups attached to an aromatic ring is 1. The van der Waals surface area contributed by atoms with Crippen LogP contribution in [0.2, 0.25) is 0 Å². The van der Waals surface area contributed by atoms with E-state index in [2.05, 4.69) is 16.0 Å². The van der Waals surface area contributed by atoms with Crippen LogP contribution in [0, 0.1) is 5.92 Å². The van der Waals surface area contributed by atoms with Crippen LogP contribution in [0.5, 0.6) is 0 Å². The number of amides is 3. The maximum atomic E-state index is 12.5. The number of hydrogen-bond donors (Lipinski definition) is 5. The molecular weight excluding hydrogens is 364 g/mol. The Hall–Kier alpha value is -3.10. The Kier molecular flexibility index (Phi) is 6.61. The molecule has 0 radical (unpaired) electrons. The van der Waals surface area contributed by atoms with Crippen molar-refractivity contribution in [1.82, 2.24) is 10.6 Å². The van der Waals surface area contributed by atoms with Crippen LogP contribution in [0.4, 0.5) is 16.2 Å². The minimum Gasteiger partial charge on any atom is -0.465 e. The van der Waals surface area contributed by atoms with Gasteiger partial charge in [0.05, 0.1) is 0 Å². The van der Waals surface area contributed by atoms with Gasteiger partial charge in [0.15, 0.2) is 5.78 Å². The molecule has 0 spiro atoms. The molecule has 1 aromatic rings. The molecule has 0 fully saturated rings. The molecule has 2 atom stereocenters. The average Bonchev–Trinajstić information content (AvgIpc) is 2.61. The highest BCUT2D eigenvalue weighted by Crippen LogP contribution is 2.32. The number of anilines is 2. The van der Waals surface area contributed by atoms with E-state index in [-0.39, 0.29) is 11.7 Å².